The number of nitrogens with zero attached hydrogens (tertiary/aromatic N) is 2. The largest absolute Gasteiger partial charge is 0.363 e. The van der Waals surface area contributed by atoms with Crippen molar-refractivity contribution in [3.8, 4) is 0 Å². The zero-order valence-corrected chi connectivity index (χ0v) is 13.1. The van der Waals surface area contributed by atoms with Crippen LogP contribution in [0.3, 0.4) is 0 Å². The fourth-order valence-corrected chi connectivity index (χ4v) is 3.30. The van der Waals surface area contributed by atoms with Crippen molar-refractivity contribution in [2.75, 3.05) is 5.32 Å². The second-order valence-corrected chi connectivity index (χ2v) is 6.26. The van der Waals surface area contributed by atoms with E-state index in [1.807, 2.05) is 6.07 Å². The molecule has 0 bridgehead atoms. The molecule has 3 nitrogen and oxygen atoms in total. The van der Waals surface area contributed by atoms with Crippen LogP contribution >= 0.6 is 23.7 Å². The predicted octanol–water partition coefficient (Wildman–Crippen LogP) is 4.54. The van der Waals surface area contributed by atoms with E-state index in [9.17, 15) is 4.39 Å². The molecule has 2 aromatic rings. The Kier molecular flexibility index (Phi) is 5.05. The highest BCUT2D eigenvalue weighted by Gasteiger charge is 2.18. The average Bonchev–Trinajstić information content (AvgIpc) is 3.07. The van der Waals surface area contributed by atoms with E-state index in [4.69, 9.17) is 0 Å². The van der Waals surface area contributed by atoms with Gasteiger partial charge in [0, 0.05) is 16.6 Å². The molecule has 0 amide bonds. The van der Waals surface area contributed by atoms with E-state index in [0.717, 1.165) is 16.3 Å². The van der Waals surface area contributed by atoms with Crippen LogP contribution in [0.15, 0.2) is 18.3 Å². The Morgan fingerprint density at radius 3 is 2.80 bits per heavy atom. The Hall–Kier alpha value is -1.07. The van der Waals surface area contributed by atoms with Gasteiger partial charge in [-0.3, -0.25) is 4.68 Å². The van der Waals surface area contributed by atoms with Crippen molar-refractivity contribution in [3.05, 3.63) is 33.9 Å². The van der Waals surface area contributed by atoms with Gasteiger partial charge < -0.3 is 5.32 Å². The van der Waals surface area contributed by atoms with Gasteiger partial charge in [0.05, 0.1) is 12.6 Å². The van der Waals surface area contributed by atoms with Crippen molar-refractivity contribution in [2.24, 2.45) is 0 Å². The lowest BCUT2D eigenvalue weighted by Gasteiger charge is -2.08. The molecule has 0 aromatic carbocycles. The van der Waals surface area contributed by atoms with Crippen molar-refractivity contribution < 1.29 is 4.39 Å². The van der Waals surface area contributed by atoms with Gasteiger partial charge in [-0.15, -0.1) is 23.7 Å². The molecule has 0 saturated heterocycles. The molecule has 0 unspecified atom stereocenters. The Morgan fingerprint density at radius 2 is 2.15 bits per heavy atom. The quantitative estimate of drug-likeness (QED) is 0.897. The Bertz CT molecular complexity index is 561. The van der Waals surface area contributed by atoms with E-state index in [2.05, 4.69) is 28.2 Å². The van der Waals surface area contributed by atoms with E-state index in [0.29, 0.717) is 12.6 Å². The van der Waals surface area contributed by atoms with Crippen LogP contribution < -0.4 is 5.32 Å². The van der Waals surface area contributed by atoms with Crippen LogP contribution in [0.4, 0.5) is 10.2 Å². The van der Waals surface area contributed by atoms with Gasteiger partial charge in [-0.05, 0) is 31.9 Å². The highest BCUT2D eigenvalue weighted by Crippen LogP contribution is 2.30. The molecule has 110 valence electrons. The Balaban J connectivity index is 0.00000147. The van der Waals surface area contributed by atoms with Gasteiger partial charge in [0.15, 0.2) is 10.9 Å². The molecule has 0 atom stereocenters. The molecule has 0 radical (unpaired) electrons. The van der Waals surface area contributed by atoms with Crippen molar-refractivity contribution in [3.63, 3.8) is 0 Å². The minimum atomic E-state index is -0.134. The van der Waals surface area contributed by atoms with Gasteiger partial charge in [-0.25, -0.2) is 0 Å². The Morgan fingerprint density at radius 1 is 1.40 bits per heavy atom. The molecule has 1 fully saturated rings. The van der Waals surface area contributed by atoms with Crippen LogP contribution in [0.25, 0.3) is 0 Å². The predicted molar refractivity (Wildman–Crippen MR) is 83.3 cm³/mol. The number of aromatic nitrogens is 2. The van der Waals surface area contributed by atoms with Crippen LogP contribution in [0.1, 0.15) is 42.2 Å². The number of anilines is 1. The number of nitrogens with one attached hydrogen (secondary N) is 1. The van der Waals surface area contributed by atoms with Crippen LogP contribution in [-0.4, -0.2) is 9.78 Å². The molecule has 1 aliphatic carbocycles. The molecule has 1 aliphatic rings. The lowest BCUT2D eigenvalue weighted by atomic mass is 10.2. The van der Waals surface area contributed by atoms with Crippen molar-refractivity contribution in [1.29, 1.82) is 0 Å². The third-order valence-electron chi connectivity index (χ3n) is 3.67. The fraction of sp³-hybridized carbons (Fsp3) is 0.500. The zero-order valence-electron chi connectivity index (χ0n) is 11.4. The fourth-order valence-electron chi connectivity index (χ4n) is 2.63. The number of halogens is 2. The third-order valence-corrected chi connectivity index (χ3v) is 4.55. The molecule has 1 saturated carbocycles. The molecular weight excluding hydrogens is 297 g/mol. The minimum Gasteiger partial charge on any atom is -0.363 e. The molecule has 2 aromatic heterocycles. The summed E-state index contributed by atoms with van der Waals surface area (Å²) in [6.07, 6.45) is 7.20. The van der Waals surface area contributed by atoms with Crippen LogP contribution in [0.2, 0.25) is 0 Å². The highest BCUT2D eigenvalue weighted by atomic mass is 35.5. The van der Waals surface area contributed by atoms with E-state index in [1.165, 1.54) is 43.1 Å². The maximum absolute atomic E-state index is 12.9. The van der Waals surface area contributed by atoms with Crippen LogP contribution in [0.5, 0.6) is 0 Å². The molecule has 0 spiro atoms. The maximum atomic E-state index is 12.9. The van der Waals surface area contributed by atoms with Crippen molar-refractivity contribution >= 4 is 29.6 Å². The summed E-state index contributed by atoms with van der Waals surface area (Å²) in [6.45, 7) is 2.70. The summed E-state index contributed by atoms with van der Waals surface area (Å²) in [7, 11) is 0. The lowest BCUT2D eigenvalue weighted by Crippen LogP contribution is -2.06. The standard InChI is InChI=1S/C14H18FN3S.ClH/c1-10-9-18(11-4-2-3-5-11)17-14(10)16-8-12-6-7-13(15)19-12;/h6-7,9,11H,2-5,8H2,1H3,(H,16,17);1H. The molecule has 6 heteroatoms. The van der Waals surface area contributed by atoms with E-state index in [1.54, 1.807) is 0 Å². The van der Waals surface area contributed by atoms with E-state index < -0.39 is 0 Å². The van der Waals surface area contributed by atoms with Gasteiger partial charge >= 0.3 is 0 Å². The molecule has 0 aliphatic heterocycles. The summed E-state index contributed by atoms with van der Waals surface area (Å²) in [6, 6.07) is 3.88. The molecule has 1 N–H and O–H groups in total. The van der Waals surface area contributed by atoms with Gasteiger partial charge in [-0.1, -0.05) is 12.8 Å². The van der Waals surface area contributed by atoms with Crippen LogP contribution in [0, 0.1) is 12.1 Å². The lowest BCUT2D eigenvalue weighted by molar-refractivity contribution is 0.467. The number of aryl methyl sites for hydroxylation is 1. The minimum absolute atomic E-state index is 0. The zero-order chi connectivity index (χ0) is 13.2. The summed E-state index contributed by atoms with van der Waals surface area (Å²) < 4.78 is 15.0. The number of rotatable bonds is 4. The molecule has 20 heavy (non-hydrogen) atoms. The number of hydrogen-bond acceptors (Lipinski definition) is 3. The second-order valence-electron chi connectivity index (χ2n) is 5.14. The maximum Gasteiger partial charge on any atom is 0.176 e. The molecule has 2 heterocycles. The van der Waals surface area contributed by atoms with Crippen molar-refractivity contribution in [1.82, 2.24) is 9.78 Å². The van der Waals surface area contributed by atoms with Gasteiger partial charge in [0.2, 0.25) is 0 Å². The smallest absolute Gasteiger partial charge is 0.176 e. The van der Waals surface area contributed by atoms with Gasteiger partial charge in [0.1, 0.15) is 0 Å². The number of hydrogen-bond donors (Lipinski definition) is 1. The summed E-state index contributed by atoms with van der Waals surface area (Å²) in [5.41, 5.74) is 1.16. The first-order valence-corrected chi connectivity index (χ1v) is 7.58. The normalized spacial score (nSPS) is 15.3. The first kappa shape index (κ1) is 15.3. The first-order chi connectivity index (χ1) is 9.22. The monoisotopic (exact) mass is 315 g/mol. The van der Waals surface area contributed by atoms with E-state index >= 15 is 0 Å². The summed E-state index contributed by atoms with van der Waals surface area (Å²) in [5, 5.41) is 7.79. The van der Waals surface area contributed by atoms with Crippen molar-refractivity contribution in [2.45, 2.75) is 45.2 Å². The average molecular weight is 316 g/mol. The van der Waals surface area contributed by atoms with Crippen LogP contribution in [-0.2, 0) is 6.54 Å². The topological polar surface area (TPSA) is 29.9 Å². The summed E-state index contributed by atoms with van der Waals surface area (Å²) in [5.74, 6) is 0.917. The third kappa shape index (κ3) is 3.33. The SMILES string of the molecule is Cc1cn(C2CCCC2)nc1NCc1ccc(F)s1.Cl. The van der Waals surface area contributed by atoms with E-state index in [-0.39, 0.29) is 17.5 Å². The van der Waals surface area contributed by atoms with Gasteiger partial charge in [0.25, 0.3) is 0 Å². The summed E-state index contributed by atoms with van der Waals surface area (Å²) in [4.78, 5) is 0.993. The van der Waals surface area contributed by atoms with Gasteiger partial charge in [-0.2, -0.15) is 9.49 Å². The number of thiophene rings is 1. The molecular formula is C14H19ClFN3S. The second kappa shape index (κ2) is 6.59. The summed E-state index contributed by atoms with van der Waals surface area (Å²) >= 11 is 1.18. The molecule has 3 rings (SSSR count). The Labute approximate surface area is 128 Å². The first-order valence-electron chi connectivity index (χ1n) is 6.76. The highest BCUT2D eigenvalue weighted by molar-refractivity contribution is 7.10.